The number of carbonyl (C=O) groups is 6. The van der Waals surface area contributed by atoms with Crippen molar-refractivity contribution < 1.29 is 101 Å². The van der Waals surface area contributed by atoms with Crippen LogP contribution in [0.1, 0.15) is 27.1 Å². The van der Waals surface area contributed by atoms with Crippen molar-refractivity contribution in [2.45, 2.75) is 36.9 Å². The molecule has 0 aromatic carbocycles. The van der Waals surface area contributed by atoms with Crippen LogP contribution in [0.5, 0.6) is 0 Å². The second-order valence-corrected chi connectivity index (χ2v) is 4.96. The van der Waals surface area contributed by atoms with Crippen LogP contribution >= 0.6 is 0 Å². The summed E-state index contributed by atoms with van der Waals surface area (Å²) in [6, 6.07) is 0. The van der Waals surface area contributed by atoms with Crippen LogP contribution in [-0.4, -0.2) is 87.9 Å². The molecule has 0 rings (SSSR count). The van der Waals surface area contributed by atoms with Crippen LogP contribution in [0.3, 0.4) is 0 Å². The molecule has 0 radical (unpaired) electrons. The third-order valence-corrected chi connectivity index (χ3v) is 2.57. The van der Waals surface area contributed by atoms with E-state index in [-0.39, 0.29) is 37.1 Å². The van der Waals surface area contributed by atoms with Gasteiger partial charge in [-0.05, 0) is 0 Å². The van der Waals surface area contributed by atoms with Gasteiger partial charge in [0, 0.05) is 0 Å². The average Bonchev–Trinajstić information content (AvgIpc) is 2.34. The Bertz CT molecular complexity index is 525. The first-order valence-corrected chi connectivity index (χ1v) is 6.34. The van der Waals surface area contributed by atoms with Gasteiger partial charge in [0.1, 0.15) is 0 Å². The van der Waals surface area contributed by atoms with Crippen LogP contribution in [0.4, 0.5) is 0 Å². The molecule has 0 aliphatic rings. The molecule has 16 heteroatoms. The molecule has 0 unspecified atom stereocenters. The maximum atomic E-state index is 10.3. The molecule has 28 heavy (non-hydrogen) atoms. The van der Waals surface area contributed by atoms with E-state index >= 15 is 0 Å². The Morgan fingerprint density at radius 2 is 0.679 bits per heavy atom. The van der Waals surface area contributed by atoms with Crippen molar-refractivity contribution in [1.82, 2.24) is 6.15 Å². The maximum absolute atomic E-state index is 10.3. The van der Waals surface area contributed by atoms with E-state index in [1.165, 1.54) is 0 Å². The molecule has 0 atom stereocenters. The van der Waals surface area contributed by atoms with Gasteiger partial charge in [0.25, 0.3) is 0 Å². The molecule has 0 saturated carbocycles. The van der Waals surface area contributed by atoms with Crippen LogP contribution < -0.4 is 35.7 Å². The number of rotatable bonds is 10. The van der Waals surface area contributed by atoms with E-state index in [2.05, 4.69) is 0 Å². The first kappa shape index (κ1) is 33.3. The normalized spacial score (nSPS) is 10.1. The van der Waals surface area contributed by atoms with E-state index in [4.69, 9.17) is 40.9 Å². The van der Waals surface area contributed by atoms with E-state index in [0.29, 0.717) is 0 Å². The minimum absolute atomic E-state index is 0. The van der Waals surface area contributed by atoms with Crippen molar-refractivity contribution >= 4 is 35.8 Å². The van der Waals surface area contributed by atoms with Gasteiger partial charge in [0.05, 0.1) is 25.7 Å². The number of aliphatic carboxylic acids is 6. The molecule has 0 aliphatic heterocycles. The SMILES string of the molecule is N.O=C(O)CC(O)(CC(=O)O)C(=O)O.O=C(O)CC(O)(CC(=O)O)C(=O)O.[H-].[Na+]. The topological polar surface area (TPSA) is 299 Å². The van der Waals surface area contributed by atoms with Gasteiger partial charge >= 0.3 is 65.4 Å². The monoisotopic (exact) mass is 425 g/mol. The van der Waals surface area contributed by atoms with E-state index < -0.39 is 72.7 Å². The zero-order valence-electron chi connectivity index (χ0n) is 15.6. The first-order chi connectivity index (χ1) is 11.6. The molecule has 0 bridgehead atoms. The van der Waals surface area contributed by atoms with Gasteiger partial charge in [-0.2, -0.15) is 0 Å². The van der Waals surface area contributed by atoms with Gasteiger partial charge in [0.15, 0.2) is 11.2 Å². The Morgan fingerprint density at radius 1 is 0.536 bits per heavy atom. The van der Waals surface area contributed by atoms with Crippen molar-refractivity contribution in [3.05, 3.63) is 0 Å². The summed E-state index contributed by atoms with van der Waals surface area (Å²) in [6.45, 7) is 0. The third kappa shape index (κ3) is 13.8. The van der Waals surface area contributed by atoms with E-state index in [1.54, 1.807) is 0 Å². The molecule has 0 heterocycles. The minimum Gasteiger partial charge on any atom is -1.00 e. The Balaban J connectivity index is -0.000000120. The van der Waals surface area contributed by atoms with Crippen molar-refractivity contribution in [2.24, 2.45) is 0 Å². The molecule has 0 fully saturated rings. The Morgan fingerprint density at radius 3 is 0.750 bits per heavy atom. The first-order valence-electron chi connectivity index (χ1n) is 6.34. The van der Waals surface area contributed by atoms with Gasteiger partial charge in [-0.3, -0.25) is 19.2 Å². The van der Waals surface area contributed by atoms with Gasteiger partial charge in [-0.15, -0.1) is 0 Å². The Kier molecular flexibility index (Phi) is 16.4. The van der Waals surface area contributed by atoms with Gasteiger partial charge in [-0.25, -0.2) is 9.59 Å². The Labute approximate surface area is 179 Å². The molecule has 158 valence electrons. The number of carboxylic acids is 6. The molecule has 0 aromatic heterocycles. The number of hydrogen-bond donors (Lipinski definition) is 9. The quantitative estimate of drug-likeness (QED) is 0.148. The largest absolute Gasteiger partial charge is 1.00 e. The summed E-state index contributed by atoms with van der Waals surface area (Å²) < 4.78 is 0. The second-order valence-electron chi connectivity index (χ2n) is 4.96. The maximum Gasteiger partial charge on any atom is 1.00 e. The fraction of sp³-hybridized carbons (Fsp3) is 0.500. The van der Waals surface area contributed by atoms with Gasteiger partial charge in [-0.1, -0.05) is 0 Å². The smallest absolute Gasteiger partial charge is 1.00 e. The molecular formula is C12H20NNaO14. The summed E-state index contributed by atoms with van der Waals surface area (Å²) in [6.07, 6.45) is -4.58. The van der Waals surface area contributed by atoms with Crippen molar-refractivity contribution in [1.29, 1.82) is 0 Å². The summed E-state index contributed by atoms with van der Waals surface area (Å²) in [5.41, 5.74) is -5.48. The minimum atomic E-state index is -2.74. The van der Waals surface area contributed by atoms with Crippen LogP contribution in [0.25, 0.3) is 0 Å². The summed E-state index contributed by atoms with van der Waals surface area (Å²) in [7, 11) is 0. The van der Waals surface area contributed by atoms with Crippen LogP contribution in [0, 0.1) is 0 Å². The summed E-state index contributed by atoms with van der Waals surface area (Å²) >= 11 is 0. The second kappa shape index (κ2) is 13.8. The van der Waals surface area contributed by atoms with Gasteiger partial charge in [0.2, 0.25) is 0 Å². The van der Waals surface area contributed by atoms with Gasteiger partial charge < -0.3 is 48.4 Å². The predicted molar refractivity (Wildman–Crippen MR) is 80.3 cm³/mol. The standard InChI is InChI=1S/2C6H8O7.H3N.Na.H/c2*7-3(8)1-6(13,5(11)12)2-4(9)10;;;/h2*13H,1-2H2,(H,7,8)(H,9,10)(H,11,12);1H3;;/q;;;+1;-1. The van der Waals surface area contributed by atoms with E-state index in [0.717, 1.165) is 0 Å². The summed E-state index contributed by atoms with van der Waals surface area (Å²) in [4.78, 5) is 61.0. The average molecular weight is 425 g/mol. The molecular weight excluding hydrogens is 405 g/mol. The molecule has 0 aliphatic carbocycles. The van der Waals surface area contributed by atoms with Crippen LogP contribution in [-0.2, 0) is 28.8 Å². The van der Waals surface area contributed by atoms with Crippen LogP contribution in [0.2, 0.25) is 0 Å². The molecule has 0 spiro atoms. The van der Waals surface area contributed by atoms with Crippen molar-refractivity contribution in [3.8, 4) is 0 Å². The summed E-state index contributed by atoms with van der Waals surface area (Å²) in [5.74, 6) is -10.0. The Hall–Kier alpha value is -2.30. The third-order valence-electron chi connectivity index (χ3n) is 2.57. The number of hydrogen-bond acceptors (Lipinski definition) is 9. The molecule has 0 saturated heterocycles. The number of carboxylic acid groups (broad SMARTS) is 6. The molecule has 15 nitrogen and oxygen atoms in total. The summed E-state index contributed by atoms with van der Waals surface area (Å²) in [5, 5.41) is 67.6. The zero-order chi connectivity index (χ0) is 21.3. The fourth-order valence-electron chi connectivity index (χ4n) is 1.43. The van der Waals surface area contributed by atoms with E-state index in [9.17, 15) is 28.8 Å². The van der Waals surface area contributed by atoms with Crippen LogP contribution in [0.15, 0.2) is 0 Å². The number of aliphatic hydroxyl groups is 2. The van der Waals surface area contributed by atoms with Crippen molar-refractivity contribution in [3.63, 3.8) is 0 Å². The molecule has 0 amide bonds. The molecule has 0 aromatic rings. The van der Waals surface area contributed by atoms with E-state index in [1.807, 2.05) is 0 Å². The fourth-order valence-corrected chi connectivity index (χ4v) is 1.43. The predicted octanol–water partition coefficient (Wildman–Crippen LogP) is -5.22. The molecule has 11 N–H and O–H groups in total. The zero-order valence-corrected chi connectivity index (χ0v) is 16.6. The van der Waals surface area contributed by atoms with Crippen molar-refractivity contribution in [2.75, 3.05) is 0 Å².